The molecule has 108 valence electrons. The molecule has 6 nitrogen and oxygen atoms in total. The molecule has 1 aliphatic rings. The number of nitrogens with zero attached hydrogens (tertiary/aromatic N) is 1. The van der Waals surface area contributed by atoms with Crippen LogP contribution in [0.4, 0.5) is 0 Å². The van der Waals surface area contributed by atoms with Crippen molar-refractivity contribution in [3.8, 4) is 0 Å². The van der Waals surface area contributed by atoms with Crippen molar-refractivity contribution in [1.29, 1.82) is 0 Å². The van der Waals surface area contributed by atoms with Gasteiger partial charge in [0.15, 0.2) is 4.67 Å². The van der Waals surface area contributed by atoms with E-state index in [2.05, 4.69) is 25.6 Å². The van der Waals surface area contributed by atoms with E-state index in [9.17, 15) is 8.42 Å². The van der Waals surface area contributed by atoms with Crippen LogP contribution in [-0.2, 0) is 16.6 Å². The minimum Gasteiger partial charge on any atom is -0.450 e. The Kier molecular flexibility index (Phi) is 4.67. The third-order valence-corrected chi connectivity index (χ3v) is 5.40. The predicted octanol–water partition coefficient (Wildman–Crippen LogP) is 0.907. The molecule has 0 atom stereocenters. The van der Waals surface area contributed by atoms with Gasteiger partial charge in [-0.2, -0.15) is 0 Å². The molecule has 0 amide bonds. The summed E-state index contributed by atoms with van der Waals surface area (Å²) < 4.78 is 31.8. The summed E-state index contributed by atoms with van der Waals surface area (Å²) in [5, 5.41) is 8.92. The van der Waals surface area contributed by atoms with E-state index in [-0.39, 0.29) is 21.9 Å². The summed E-state index contributed by atoms with van der Waals surface area (Å²) in [6.07, 6.45) is 2.38. The van der Waals surface area contributed by atoms with Crippen molar-refractivity contribution in [2.75, 3.05) is 20.1 Å². The fourth-order valence-corrected chi connectivity index (χ4v) is 3.81. The predicted molar refractivity (Wildman–Crippen MR) is 73.2 cm³/mol. The molecule has 1 saturated carbocycles. The van der Waals surface area contributed by atoms with E-state index < -0.39 is 10.0 Å². The standard InChI is InChI=1S/C11H17BrN2O4S/c1-14(8-2-3-8)5-4-13-19(16,17)10-6-9(7-15)18-11(10)12/h6,8,13,15H,2-5,7H2,1H3. The second-order valence-corrected chi connectivity index (χ2v) is 7.07. The molecule has 19 heavy (non-hydrogen) atoms. The lowest BCUT2D eigenvalue weighted by atomic mass is 10.5. The first-order valence-electron chi connectivity index (χ1n) is 6.03. The van der Waals surface area contributed by atoms with E-state index in [1.807, 2.05) is 7.05 Å². The second kappa shape index (κ2) is 5.92. The minimum absolute atomic E-state index is 0.0191. The molecule has 1 aromatic rings. The van der Waals surface area contributed by atoms with Crippen molar-refractivity contribution < 1.29 is 17.9 Å². The molecule has 0 saturated heterocycles. The van der Waals surface area contributed by atoms with Crippen molar-refractivity contribution in [2.24, 2.45) is 0 Å². The van der Waals surface area contributed by atoms with Crippen LogP contribution in [0.1, 0.15) is 18.6 Å². The molecule has 0 radical (unpaired) electrons. The normalized spacial score (nSPS) is 16.2. The minimum atomic E-state index is -3.61. The van der Waals surface area contributed by atoms with Crippen LogP contribution in [0.5, 0.6) is 0 Å². The van der Waals surface area contributed by atoms with E-state index in [0.717, 1.165) is 0 Å². The Labute approximate surface area is 121 Å². The Bertz CT molecular complexity index is 539. The van der Waals surface area contributed by atoms with Crippen LogP contribution in [0.3, 0.4) is 0 Å². The highest BCUT2D eigenvalue weighted by atomic mass is 79.9. The van der Waals surface area contributed by atoms with Gasteiger partial charge in [0.1, 0.15) is 17.3 Å². The van der Waals surface area contributed by atoms with Crippen molar-refractivity contribution >= 4 is 26.0 Å². The third-order valence-electron chi connectivity index (χ3n) is 3.08. The van der Waals surface area contributed by atoms with Gasteiger partial charge in [0.25, 0.3) is 0 Å². The van der Waals surface area contributed by atoms with Crippen LogP contribution >= 0.6 is 15.9 Å². The molecule has 0 bridgehead atoms. The molecule has 0 spiro atoms. The van der Waals surface area contributed by atoms with Gasteiger partial charge in [-0.15, -0.1) is 0 Å². The van der Waals surface area contributed by atoms with Crippen molar-refractivity contribution in [1.82, 2.24) is 9.62 Å². The van der Waals surface area contributed by atoms with Crippen LogP contribution in [0.2, 0.25) is 0 Å². The zero-order valence-corrected chi connectivity index (χ0v) is 13.0. The molecule has 2 N–H and O–H groups in total. The topological polar surface area (TPSA) is 82.8 Å². The van der Waals surface area contributed by atoms with Crippen LogP contribution < -0.4 is 4.72 Å². The summed E-state index contributed by atoms with van der Waals surface area (Å²) in [7, 11) is -1.62. The number of likely N-dealkylation sites (N-methyl/N-ethyl adjacent to an activating group) is 1. The van der Waals surface area contributed by atoms with Gasteiger partial charge in [0, 0.05) is 25.2 Å². The van der Waals surface area contributed by atoms with Gasteiger partial charge in [0.2, 0.25) is 10.0 Å². The molecule has 2 rings (SSSR count). The van der Waals surface area contributed by atoms with E-state index in [1.165, 1.54) is 18.9 Å². The van der Waals surface area contributed by atoms with E-state index in [0.29, 0.717) is 19.1 Å². The van der Waals surface area contributed by atoms with Crippen molar-refractivity contribution in [3.05, 3.63) is 16.5 Å². The summed E-state index contributed by atoms with van der Waals surface area (Å²) in [4.78, 5) is 2.16. The maximum absolute atomic E-state index is 12.0. The first-order chi connectivity index (χ1) is 8.94. The molecule has 0 aromatic carbocycles. The van der Waals surface area contributed by atoms with Crippen molar-refractivity contribution in [2.45, 2.75) is 30.4 Å². The Hall–Kier alpha value is -0.410. The highest BCUT2D eigenvalue weighted by molar-refractivity contribution is 9.10. The molecule has 1 heterocycles. The average Bonchev–Trinajstić information content (AvgIpc) is 3.12. The van der Waals surface area contributed by atoms with Gasteiger partial charge in [-0.25, -0.2) is 13.1 Å². The SMILES string of the molecule is CN(CCNS(=O)(=O)c1cc(CO)oc1Br)C1CC1. The van der Waals surface area contributed by atoms with E-state index in [4.69, 9.17) is 9.52 Å². The molecule has 1 aliphatic carbocycles. The number of halogens is 1. The summed E-state index contributed by atoms with van der Waals surface area (Å²) in [6, 6.07) is 1.92. The zero-order chi connectivity index (χ0) is 14.0. The second-order valence-electron chi connectivity index (χ2n) is 4.62. The number of hydrogen-bond acceptors (Lipinski definition) is 5. The summed E-state index contributed by atoms with van der Waals surface area (Å²) in [5.74, 6) is 0.211. The smallest absolute Gasteiger partial charge is 0.245 e. The highest BCUT2D eigenvalue weighted by Crippen LogP contribution is 2.26. The maximum Gasteiger partial charge on any atom is 0.245 e. The number of hydrogen-bond donors (Lipinski definition) is 2. The first-order valence-corrected chi connectivity index (χ1v) is 8.30. The lowest BCUT2D eigenvalue weighted by molar-refractivity contribution is 0.245. The number of aliphatic hydroxyl groups is 1. The van der Waals surface area contributed by atoms with Crippen LogP contribution in [0, 0.1) is 0 Å². The molecule has 1 aromatic heterocycles. The lowest BCUT2D eigenvalue weighted by Crippen LogP contribution is -2.33. The Balaban J connectivity index is 1.94. The van der Waals surface area contributed by atoms with Crippen LogP contribution in [-0.4, -0.2) is 44.6 Å². The Morgan fingerprint density at radius 3 is 2.79 bits per heavy atom. The molecule has 8 heteroatoms. The largest absolute Gasteiger partial charge is 0.450 e. The van der Waals surface area contributed by atoms with Gasteiger partial charge < -0.3 is 14.4 Å². The number of aliphatic hydroxyl groups excluding tert-OH is 1. The third kappa shape index (κ3) is 3.79. The molecular weight excluding hydrogens is 336 g/mol. The van der Waals surface area contributed by atoms with Gasteiger partial charge >= 0.3 is 0 Å². The first kappa shape index (κ1) is 15.0. The summed E-state index contributed by atoms with van der Waals surface area (Å²) in [6.45, 7) is 0.687. The van der Waals surface area contributed by atoms with Crippen LogP contribution in [0.25, 0.3) is 0 Å². The lowest BCUT2D eigenvalue weighted by Gasteiger charge is -2.15. The maximum atomic E-state index is 12.0. The quantitative estimate of drug-likeness (QED) is 0.761. The van der Waals surface area contributed by atoms with Crippen LogP contribution in [0.15, 0.2) is 20.0 Å². The Morgan fingerprint density at radius 2 is 2.26 bits per heavy atom. The highest BCUT2D eigenvalue weighted by Gasteiger charge is 2.26. The van der Waals surface area contributed by atoms with Gasteiger partial charge in [0.05, 0.1) is 0 Å². The monoisotopic (exact) mass is 352 g/mol. The summed E-state index contributed by atoms with van der Waals surface area (Å²) >= 11 is 3.04. The zero-order valence-electron chi connectivity index (χ0n) is 10.6. The van der Waals surface area contributed by atoms with Gasteiger partial charge in [-0.3, -0.25) is 0 Å². The molecule has 0 aliphatic heterocycles. The molecule has 0 unspecified atom stereocenters. The fourth-order valence-electron chi connectivity index (χ4n) is 1.79. The van der Waals surface area contributed by atoms with E-state index in [1.54, 1.807) is 0 Å². The number of nitrogens with one attached hydrogen (secondary N) is 1. The fraction of sp³-hybridized carbons (Fsp3) is 0.636. The summed E-state index contributed by atoms with van der Waals surface area (Å²) in [5.41, 5.74) is 0. The molecular formula is C11H17BrN2O4S. The Morgan fingerprint density at radius 1 is 1.58 bits per heavy atom. The molecule has 1 fully saturated rings. The number of rotatable bonds is 7. The van der Waals surface area contributed by atoms with Gasteiger partial charge in [-0.1, -0.05) is 0 Å². The number of sulfonamides is 1. The van der Waals surface area contributed by atoms with Gasteiger partial charge in [-0.05, 0) is 35.8 Å². The number of furan rings is 1. The average molecular weight is 353 g/mol. The van der Waals surface area contributed by atoms with E-state index >= 15 is 0 Å². The van der Waals surface area contributed by atoms with Crippen molar-refractivity contribution in [3.63, 3.8) is 0 Å².